The van der Waals surface area contributed by atoms with Crippen LogP contribution in [0, 0.1) is 11.7 Å². The highest BCUT2D eigenvalue weighted by Crippen LogP contribution is 2.38. The van der Waals surface area contributed by atoms with E-state index in [4.69, 9.17) is 0 Å². The van der Waals surface area contributed by atoms with E-state index in [0.29, 0.717) is 29.0 Å². The van der Waals surface area contributed by atoms with Crippen LogP contribution >= 0.6 is 0 Å². The van der Waals surface area contributed by atoms with Crippen LogP contribution in [0.2, 0.25) is 0 Å². The minimum atomic E-state index is -0.693. The molecule has 1 saturated carbocycles. The number of nitrogens with one attached hydrogen (secondary N) is 2. The molecule has 0 unspecified atom stereocenters. The topological polar surface area (TPSA) is 95.6 Å². The first kappa shape index (κ1) is 21.3. The maximum absolute atomic E-state index is 13.4. The molecule has 7 nitrogen and oxygen atoms in total. The van der Waals surface area contributed by atoms with Gasteiger partial charge in [0.05, 0.1) is 6.04 Å². The standard InChI is InChI=1S/C25H24FN3O4/c26-18-7-4-15(5-8-18)22(14-2-1-3-14)28-23(31)16-6-9-19-17(12-16)13-29(25(19)33)20-10-11-21(30)27-24(20)32/h4-9,12,14,20,22H,1-3,10-11,13H2,(H,28,31)(H,27,30,32)/t20-,22+/m1/s1. The Labute approximate surface area is 190 Å². The third-order valence-electron chi connectivity index (χ3n) is 6.92. The van der Waals surface area contributed by atoms with Crippen LogP contribution in [-0.2, 0) is 16.1 Å². The minimum Gasteiger partial charge on any atom is -0.345 e. The molecule has 1 saturated heterocycles. The number of halogens is 1. The van der Waals surface area contributed by atoms with Gasteiger partial charge in [-0.3, -0.25) is 24.5 Å². The average molecular weight is 449 g/mol. The molecular weight excluding hydrogens is 425 g/mol. The molecule has 2 aromatic carbocycles. The van der Waals surface area contributed by atoms with Crippen molar-refractivity contribution in [1.82, 2.24) is 15.5 Å². The molecule has 2 atom stereocenters. The first-order chi connectivity index (χ1) is 15.9. The molecule has 2 aromatic rings. The lowest BCUT2D eigenvalue weighted by atomic mass is 9.77. The third kappa shape index (κ3) is 4.01. The van der Waals surface area contributed by atoms with Crippen LogP contribution in [0.5, 0.6) is 0 Å². The summed E-state index contributed by atoms with van der Waals surface area (Å²) in [5, 5.41) is 5.38. The number of amides is 4. The number of imide groups is 1. The van der Waals surface area contributed by atoms with Crippen molar-refractivity contribution in [2.45, 2.75) is 50.7 Å². The van der Waals surface area contributed by atoms with Crippen molar-refractivity contribution in [3.8, 4) is 0 Å². The van der Waals surface area contributed by atoms with Gasteiger partial charge < -0.3 is 10.2 Å². The molecule has 8 heteroatoms. The van der Waals surface area contributed by atoms with E-state index in [1.807, 2.05) is 0 Å². The van der Waals surface area contributed by atoms with Gasteiger partial charge in [0.15, 0.2) is 0 Å². The lowest BCUT2D eigenvalue weighted by Crippen LogP contribution is -2.52. The second-order valence-electron chi connectivity index (χ2n) is 8.97. The molecule has 2 N–H and O–H groups in total. The molecule has 3 aliphatic rings. The largest absolute Gasteiger partial charge is 0.345 e. The zero-order valence-electron chi connectivity index (χ0n) is 18.0. The van der Waals surface area contributed by atoms with Crippen LogP contribution < -0.4 is 10.6 Å². The fraction of sp³-hybridized carbons (Fsp3) is 0.360. The van der Waals surface area contributed by atoms with Gasteiger partial charge in [0.25, 0.3) is 11.8 Å². The van der Waals surface area contributed by atoms with Crippen LogP contribution in [-0.4, -0.2) is 34.6 Å². The maximum atomic E-state index is 13.4. The summed E-state index contributed by atoms with van der Waals surface area (Å²) >= 11 is 0. The van der Waals surface area contributed by atoms with E-state index >= 15 is 0 Å². The van der Waals surface area contributed by atoms with Crippen molar-refractivity contribution in [2.24, 2.45) is 5.92 Å². The number of hydrogen-bond acceptors (Lipinski definition) is 4. The van der Waals surface area contributed by atoms with E-state index in [0.717, 1.165) is 24.8 Å². The second-order valence-corrected chi connectivity index (χ2v) is 8.97. The summed E-state index contributed by atoms with van der Waals surface area (Å²) in [5.41, 5.74) is 2.44. The molecule has 0 aromatic heterocycles. The Balaban J connectivity index is 1.34. The lowest BCUT2D eigenvalue weighted by Gasteiger charge is -2.34. The Bertz CT molecular complexity index is 1140. The van der Waals surface area contributed by atoms with Crippen molar-refractivity contribution in [2.75, 3.05) is 0 Å². The van der Waals surface area contributed by atoms with Crippen LogP contribution in [0.4, 0.5) is 4.39 Å². The van der Waals surface area contributed by atoms with Gasteiger partial charge in [-0.15, -0.1) is 0 Å². The highest BCUT2D eigenvalue weighted by molar-refractivity contribution is 6.06. The summed E-state index contributed by atoms with van der Waals surface area (Å²) < 4.78 is 13.4. The van der Waals surface area contributed by atoms with Gasteiger partial charge in [-0.25, -0.2) is 4.39 Å². The molecule has 0 spiro atoms. The molecule has 170 valence electrons. The van der Waals surface area contributed by atoms with E-state index < -0.39 is 11.9 Å². The molecule has 2 fully saturated rings. The molecule has 1 aliphatic carbocycles. The van der Waals surface area contributed by atoms with Crippen LogP contribution in [0.1, 0.15) is 70.0 Å². The summed E-state index contributed by atoms with van der Waals surface area (Å²) in [4.78, 5) is 51.1. The number of hydrogen-bond donors (Lipinski definition) is 2. The summed E-state index contributed by atoms with van der Waals surface area (Å²) in [6.45, 7) is 0.214. The number of carbonyl (C=O) groups excluding carboxylic acids is 4. The predicted octanol–water partition coefficient (Wildman–Crippen LogP) is 2.86. The van der Waals surface area contributed by atoms with Crippen molar-refractivity contribution >= 4 is 23.6 Å². The number of carbonyl (C=O) groups is 4. The van der Waals surface area contributed by atoms with Gasteiger partial charge in [0.2, 0.25) is 11.8 Å². The first-order valence-electron chi connectivity index (χ1n) is 11.2. The number of benzene rings is 2. The Kier molecular flexibility index (Phi) is 5.44. The zero-order chi connectivity index (χ0) is 23.1. The Hall–Kier alpha value is -3.55. The Morgan fingerprint density at radius 1 is 1.06 bits per heavy atom. The summed E-state index contributed by atoms with van der Waals surface area (Å²) in [5.74, 6) is -1.34. The lowest BCUT2D eigenvalue weighted by molar-refractivity contribution is -0.136. The monoisotopic (exact) mass is 449 g/mol. The molecule has 0 bridgehead atoms. The maximum Gasteiger partial charge on any atom is 0.255 e. The number of fused-ring (bicyclic) bond motifs is 1. The molecule has 4 amide bonds. The highest BCUT2D eigenvalue weighted by Gasteiger charge is 2.39. The van der Waals surface area contributed by atoms with Gasteiger partial charge in [-0.1, -0.05) is 18.6 Å². The summed E-state index contributed by atoms with van der Waals surface area (Å²) in [7, 11) is 0. The number of nitrogens with zero attached hydrogens (tertiary/aromatic N) is 1. The first-order valence-corrected chi connectivity index (χ1v) is 11.2. The normalized spacial score (nSPS) is 21.3. The fourth-order valence-corrected chi connectivity index (χ4v) is 4.86. The second kappa shape index (κ2) is 8.42. The van der Waals surface area contributed by atoms with Crippen molar-refractivity contribution in [3.05, 3.63) is 70.5 Å². The van der Waals surface area contributed by atoms with Gasteiger partial charge in [0.1, 0.15) is 11.9 Å². The Morgan fingerprint density at radius 2 is 1.82 bits per heavy atom. The van der Waals surface area contributed by atoms with Crippen LogP contribution in [0.15, 0.2) is 42.5 Å². The molecule has 0 radical (unpaired) electrons. The smallest absolute Gasteiger partial charge is 0.255 e. The van der Waals surface area contributed by atoms with E-state index in [1.54, 1.807) is 30.3 Å². The van der Waals surface area contributed by atoms with E-state index in [9.17, 15) is 23.6 Å². The molecular formula is C25H24FN3O4. The number of piperidine rings is 1. The van der Waals surface area contributed by atoms with Gasteiger partial charge in [0, 0.05) is 24.1 Å². The molecule has 33 heavy (non-hydrogen) atoms. The van der Waals surface area contributed by atoms with E-state index in [1.165, 1.54) is 17.0 Å². The minimum absolute atomic E-state index is 0.191. The van der Waals surface area contributed by atoms with Gasteiger partial charge in [-0.2, -0.15) is 0 Å². The highest BCUT2D eigenvalue weighted by atomic mass is 19.1. The SMILES string of the molecule is O=C1CC[C@@H](N2Cc3cc(C(=O)N[C@H](c4ccc(F)cc4)C4CCC4)ccc3C2=O)C(=O)N1. The fourth-order valence-electron chi connectivity index (χ4n) is 4.86. The van der Waals surface area contributed by atoms with E-state index in [2.05, 4.69) is 10.6 Å². The molecule has 2 heterocycles. The van der Waals surface area contributed by atoms with Gasteiger partial charge in [-0.05, 0) is 66.6 Å². The van der Waals surface area contributed by atoms with Crippen LogP contribution in [0.3, 0.4) is 0 Å². The zero-order valence-corrected chi connectivity index (χ0v) is 18.0. The molecule has 2 aliphatic heterocycles. The van der Waals surface area contributed by atoms with Crippen molar-refractivity contribution in [3.63, 3.8) is 0 Å². The van der Waals surface area contributed by atoms with E-state index in [-0.39, 0.29) is 42.5 Å². The van der Waals surface area contributed by atoms with Crippen LogP contribution in [0.25, 0.3) is 0 Å². The summed E-state index contributed by atoms with van der Waals surface area (Å²) in [6.07, 6.45) is 3.59. The predicted molar refractivity (Wildman–Crippen MR) is 116 cm³/mol. The summed E-state index contributed by atoms with van der Waals surface area (Å²) in [6, 6.07) is 10.2. The van der Waals surface area contributed by atoms with Crippen molar-refractivity contribution in [1.29, 1.82) is 0 Å². The Morgan fingerprint density at radius 3 is 2.48 bits per heavy atom. The van der Waals surface area contributed by atoms with Crippen molar-refractivity contribution < 1.29 is 23.6 Å². The quantitative estimate of drug-likeness (QED) is 0.687. The van der Waals surface area contributed by atoms with Gasteiger partial charge >= 0.3 is 0 Å². The molecule has 5 rings (SSSR count). The number of rotatable bonds is 5. The average Bonchev–Trinajstić information content (AvgIpc) is 3.08. The third-order valence-corrected chi connectivity index (χ3v) is 6.92.